The van der Waals surface area contributed by atoms with Crippen LogP contribution in [0.1, 0.15) is 5.89 Å². The fourth-order valence-electron chi connectivity index (χ4n) is 2.45. The highest BCUT2D eigenvalue weighted by atomic mass is 16.5. The Labute approximate surface area is 143 Å². The molecule has 0 atom stereocenters. The van der Waals surface area contributed by atoms with E-state index < -0.39 is 0 Å². The number of rotatable bonds is 7. The average Bonchev–Trinajstić information content (AvgIpc) is 3.33. The van der Waals surface area contributed by atoms with E-state index in [4.69, 9.17) is 13.7 Å². The summed E-state index contributed by atoms with van der Waals surface area (Å²) in [6, 6.07) is 13.4. The molecule has 25 heavy (non-hydrogen) atoms. The summed E-state index contributed by atoms with van der Waals surface area (Å²) in [6.07, 6.45) is 3.34. The first-order valence-corrected chi connectivity index (χ1v) is 7.94. The first kappa shape index (κ1) is 15.3. The van der Waals surface area contributed by atoms with E-state index in [1.807, 2.05) is 30.3 Å². The molecule has 4 aromatic rings. The number of aromatic nitrogens is 3. The fourth-order valence-corrected chi connectivity index (χ4v) is 2.45. The van der Waals surface area contributed by atoms with Gasteiger partial charge >= 0.3 is 0 Å². The Balaban J connectivity index is 1.27. The first-order chi connectivity index (χ1) is 12.4. The monoisotopic (exact) mass is 336 g/mol. The maximum Gasteiger partial charge on any atom is 0.241 e. The fraction of sp³-hybridized carbons (Fsp3) is 0.167. The van der Waals surface area contributed by atoms with Crippen LogP contribution in [0.2, 0.25) is 0 Å². The second kappa shape index (κ2) is 7.14. The number of furan rings is 1. The van der Waals surface area contributed by atoms with Gasteiger partial charge in [0, 0.05) is 18.1 Å². The van der Waals surface area contributed by atoms with E-state index in [1.165, 1.54) is 0 Å². The van der Waals surface area contributed by atoms with Gasteiger partial charge < -0.3 is 19.0 Å². The van der Waals surface area contributed by atoms with Crippen molar-refractivity contribution in [2.24, 2.45) is 0 Å². The highest BCUT2D eigenvalue weighted by Crippen LogP contribution is 2.22. The number of nitrogens with one attached hydrogen (secondary N) is 1. The van der Waals surface area contributed by atoms with E-state index in [-0.39, 0.29) is 0 Å². The predicted molar refractivity (Wildman–Crippen MR) is 90.9 cm³/mol. The van der Waals surface area contributed by atoms with Crippen molar-refractivity contribution in [3.05, 3.63) is 60.8 Å². The van der Waals surface area contributed by atoms with Crippen LogP contribution < -0.4 is 10.1 Å². The van der Waals surface area contributed by atoms with Gasteiger partial charge in [-0.3, -0.25) is 4.98 Å². The van der Waals surface area contributed by atoms with Crippen LogP contribution in [0.15, 0.2) is 63.9 Å². The third kappa shape index (κ3) is 3.51. The Bertz CT molecular complexity index is 945. The van der Waals surface area contributed by atoms with Crippen LogP contribution in [-0.4, -0.2) is 28.3 Å². The van der Waals surface area contributed by atoms with Gasteiger partial charge in [-0.15, -0.1) is 0 Å². The molecule has 0 saturated carbocycles. The summed E-state index contributed by atoms with van der Waals surface area (Å²) < 4.78 is 16.2. The van der Waals surface area contributed by atoms with Crippen molar-refractivity contribution in [2.45, 2.75) is 6.54 Å². The number of fused-ring (bicyclic) bond motifs is 1. The zero-order chi connectivity index (χ0) is 16.9. The largest absolute Gasteiger partial charge is 0.490 e. The van der Waals surface area contributed by atoms with Crippen molar-refractivity contribution >= 4 is 10.9 Å². The van der Waals surface area contributed by atoms with Crippen molar-refractivity contribution in [3.63, 3.8) is 0 Å². The summed E-state index contributed by atoms with van der Waals surface area (Å²) in [5, 5.41) is 8.15. The maximum atomic E-state index is 5.81. The quantitative estimate of drug-likeness (QED) is 0.519. The predicted octanol–water partition coefficient (Wildman–Crippen LogP) is 3.05. The number of hydrogen-bond acceptors (Lipinski definition) is 7. The molecule has 1 N–H and O–H groups in total. The summed E-state index contributed by atoms with van der Waals surface area (Å²) in [5.41, 5.74) is 0.866. The molecule has 0 bridgehead atoms. The molecule has 0 saturated heterocycles. The molecular formula is C18H16N4O3. The molecule has 7 nitrogen and oxygen atoms in total. The lowest BCUT2D eigenvalue weighted by molar-refractivity contribution is 0.308. The van der Waals surface area contributed by atoms with E-state index in [1.54, 1.807) is 24.6 Å². The number of benzene rings is 1. The standard InChI is InChI=1S/C18H16N4O3/c1-4-13-5-2-8-20-17(13)14(6-1)24-11-9-19-12-16-21-18(22-25-16)15-7-3-10-23-15/h1-8,10,19H,9,11-12H2. The molecule has 3 heterocycles. The molecule has 7 heteroatoms. The molecule has 4 rings (SSSR count). The Kier molecular flexibility index (Phi) is 4.38. The van der Waals surface area contributed by atoms with Gasteiger partial charge in [0.25, 0.3) is 0 Å². The van der Waals surface area contributed by atoms with Gasteiger partial charge in [-0.25, -0.2) is 0 Å². The minimum Gasteiger partial charge on any atom is -0.490 e. The van der Waals surface area contributed by atoms with E-state index in [9.17, 15) is 0 Å². The molecule has 0 spiro atoms. The van der Waals surface area contributed by atoms with Crippen molar-refractivity contribution in [1.29, 1.82) is 0 Å². The number of nitrogens with zero attached hydrogens (tertiary/aromatic N) is 3. The van der Waals surface area contributed by atoms with Crippen LogP contribution in [0, 0.1) is 0 Å². The van der Waals surface area contributed by atoms with Crippen molar-refractivity contribution in [3.8, 4) is 17.3 Å². The lowest BCUT2D eigenvalue weighted by atomic mass is 10.2. The molecule has 0 amide bonds. The topological polar surface area (TPSA) is 86.2 Å². The number of hydrogen-bond donors (Lipinski definition) is 1. The minimum absolute atomic E-state index is 0.444. The SMILES string of the molecule is c1coc(-c2noc(CNCCOc3cccc4cccnc34)n2)c1. The molecule has 0 aliphatic carbocycles. The average molecular weight is 336 g/mol. The van der Waals surface area contributed by atoms with E-state index in [0.29, 0.717) is 37.2 Å². The smallest absolute Gasteiger partial charge is 0.241 e. The number of pyridine rings is 1. The summed E-state index contributed by atoms with van der Waals surface area (Å²) in [4.78, 5) is 8.63. The number of para-hydroxylation sites is 1. The zero-order valence-electron chi connectivity index (χ0n) is 13.4. The summed E-state index contributed by atoms with van der Waals surface area (Å²) >= 11 is 0. The molecule has 3 aromatic heterocycles. The van der Waals surface area contributed by atoms with Crippen LogP contribution in [0.4, 0.5) is 0 Å². The van der Waals surface area contributed by atoms with Gasteiger partial charge in [0.1, 0.15) is 17.9 Å². The van der Waals surface area contributed by atoms with Gasteiger partial charge in [-0.1, -0.05) is 23.4 Å². The third-order valence-electron chi connectivity index (χ3n) is 3.62. The van der Waals surface area contributed by atoms with Gasteiger partial charge in [0.2, 0.25) is 11.7 Å². The van der Waals surface area contributed by atoms with Crippen molar-refractivity contribution < 1.29 is 13.7 Å². The zero-order valence-corrected chi connectivity index (χ0v) is 13.4. The Morgan fingerprint density at radius 1 is 1.08 bits per heavy atom. The Morgan fingerprint density at radius 3 is 2.96 bits per heavy atom. The normalized spacial score (nSPS) is 11.0. The van der Waals surface area contributed by atoms with Crippen LogP contribution in [0.25, 0.3) is 22.5 Å². The molecule has 126 valence electrons. The lowest BCUT2D eigenvalue weighted by Crippen LogP contribution is -2.20. The maximum absolute atomic E-state index is 5.81. The highest BCUT2D eigenvalue weighted by Gasteiger charge is 2.10. The lowest BCUT2D eigenvalue weighted by Gasteiger charge is -2.08. The van der Waals surface area contributed by atoms with Gasteiger partial charge in [0.15, 0.2) is 5.76 Å². The van der Waals surface area contributed by atoms with Crippen molar-refractivity contribution in [1.82, 2.24) is 20.4 Å². The molecule has 0 aliphatic rings. The second-order valence-corrected chi connectivity index (χ2v) is 5.35. The molecule has 1 aromatic carbocycles. The van der Waals surface area contributed by atoms with E-state index in [0.717, 1.165) is 16.7 Å². The highest BCUT2D eigenvalue weighted by molar-refractivity contribution is 5.84. The summed E-state index contributed by atoms with van der Waals surface area (Å²) in [7, 11) is 0. The molecule has 0 fully saturated rings. The van der Waals surface area contributed by atoms with E-state index in [2.05, 4.69) is 20.4 Å². The Morgan fingerprint density at radius 2 is 2.04 bits per heavy atom. The summed E-state index contributed by atoms with van der Waals surface area (Å²) in [5.74, 6) is 2.30. The Hall–Kier alpha value is -3.19. The van der Waals surface area contributed by atoms with Gasteiger partial charge in [-0.05, 0) is 24.3 Å². The second-order valence-electron chi connectivity index (χ2n) is 5.35. The van der Waals surface area contributed by atoms with Crippen LogP contribution >= 0.6 is 0 Å². The first-order valence-electron chi connectivity index (χ1n) is 7.94. The van der Waals surface area contributed by atoms with Crippen LogP contribution in [0.5, 0.6) is 5.75 Å². The molecule has 0 radical (unpaired) electrons. The van der Waals surface area contributed by atoms with E-state index >= 15 is 0 Å². The van der Waals surface area contributed by atoms with Gasteiger partial charge in [0.05, 0.1) is 12.8 Å². The van der Waals surface area contributed by atoms with Gasteiger partial charge in [-0.2, -0.15) is 4.98 Å². The molecule has 0 aliphatic heterocycles. The third-order valence-corrected chi connectivity index (χ3v) is 3.62. The van der Waals surface area contributed by atoms with Crippen LogP contribution in [-0.2, 0) is 6.54 Å². The minimum atomic E-state index is 0.444. The number of ether oxygens (including phenoxy) is 1. The summed E-state index contributed by atoms with van der Waals surface area (Å²) in [6.45, 7) is 1.61. The molecular weight excluding hydrogens is 320 g/mol. The van der Waals surface area contributed by atoms with Crippen LogP contribution in [0.3, 0.4) is 0 Å². The molecule has 0 unspecified atom stereocenters. The van der Waals surface area contributed by atoms with Crippen molar-refractivity contribution in [2.75, 3.05) is 13.2 Å².